The van der Waals surface area contributed by atoms with E-state index in [9.17, 15) is 4.79 Å². The number of amides is 1. The summed E-state index contributed by atoms with van der Waals surface area (Å²) in [6, 6.07) is 11.9. The van der Waals surface area contributed by atoms with Gasteiger partial charge in [-0.15, -0.1) is 0 Å². The van der Waals surface area contributed by atoms with E-state index in [0.717, 1.165) is 29.0 Å². The summed E-state index contributed by atoms with van der Waals surface area (Å²) >= 11 is 0. The first kappa shape index (κ1) is 14.3. The number of benzene rings is 1. The molecule has 3 aromatic rings. The molecule has 0 atom stereocenters. The third kappa shape index (κ3) is 3.01. The first-order valence-corrected chi connectivity index (χ1v) is 7.47. The minimum atomic E-state index is -0.0506. The number of aromatic nitrogens is 2. The quantitative estimate of drug-likeness (QED) is 0.801. The molecule has 1 aromatic carbocycles. The molecule has 4 nitrogen and oxygen atoms in total. The predicted octanol–water partition coefficient (Wildman–Crippen LogP) is 3.39. The Kier molecular flexibility index (Phi) is 3.92. The topological polar surface area (TPSA) is 46.4 Å². The number of nitrogens with one attached hydrogen (secondary N) is 1. The van der Waals surface area contributed by atoms with E-state index < -0.39 is 0 Å². The van der Waals surface area contributed by atoms with Gasteiger partial charge in [-0.05, 0) is 42.7 Å². The highest BCUT2D eigenvalue weighted by atomic mass is 16.1. The van der Waals surface area contributed by atoms with Gasteiger partial charge < -0.3 is 9.72 Å². The van der Waals surface area contributed by atoms with Crippen LogP contribution in [-0.4, -0.2) is 15.3 Å². The van der Waals surface area contributed by atoms with E-state index in [0.29, 0.717) is 0 Å². The molecule has 0 unspecified atom stereocenters. The van der Waals surface area contributed by atoms with Crippen LogP contribution < -0.4 is 5.32 Å². The maximum Gasteiger partial charge on any atom is 0.230 e. The normalized spacial score (nSPS) is 10.8. The van der Waals surface area contributed by atoms with Crippen molar-refractivity contribution in [1.82, 2.24) is 9.38 Å². The molecule has 4 heteroatoms. The zero-order valence-corrected chi connectivity index (χ0v) is 12.8. The number of anilines is 1. The third-order valence-corrected chi connectivity index (χ3v) is 3.72. The Bertz CT molecular complexity index is 803. The minimum Gasteiger partial charge on any atom is -0.326 e. The Labute approximate surface area is 129 Å². The Balaban J connectivity index is 1.71. The van der Waals surface area contributed by atoms with Crippen molar-refractivity contribution in [3.8, 4) is 0 Å². The number of carbonyl (C=O) groups is 1. The summed E-state index contributed by atoms with van der Waals surface area (Å²) in [4.78, 5) is 16.7. The second-order valence-electron chi connectivity index (χ2n) is 5.43. The van der Waals surface area contributed by atoms with Gasteiger partial charge in [-0.3, -0.25) is 4.79 Å². The Morgan fingerprint density at radius 1 is 1.23 bits per heavy atom. The zero-order valence-electron chi connectivity index (χ0n) is 12.8. The van der Waals surface area contributed by atoms with Crippen LogP contribution in [0.1, 0.15) is 23.7 Å². The molecular weight excluding hydrogens is 274 g/mol. The van der Waals surface area contributed by atoms with E-state index in [-0.39, 0.29) is 12.3 Å². The van der Waals surface area contributed by atoms with Crippen molar-refractivity contribution in [2.24, 2.45) is 0 Å². The Hall–Kier alpha value is -2.62. The minimum absolute atomic E-state index is 0.0506. The number of imidazole rings is 1. The summed E-state index contributed by atoms with van der Waals surface area (Å²) < 4.78 is 1.95. The molecule has 112 valence electrons. The summed E-state index contributed by atoms with van der Waals surface area (Å²) in [5.74, 6) is -0.0506. The van der Waals surface area contributed by atoms with E-state index in [1.54, 1.807) is 0 Å². The highest BCUT2D eigenvalue weighted by Crippen LogP contribution is 2.13. The maximum atomic E-state index is 12.1. The van der Waals surface area contributed by atoms with Gasteiger partial charge in [-0.25, -0.2) is 4.98 Å². The third-order valence-electron chi connectivity index (χ3n) is 3.72. The van der Waals surface area contributed by atoms with E-state index in [1.807, 2.05) is 60.1 Å². The van der Waals surface area contributed by atoms with Crippen LogP contribution >= 0.6 is 0 Å². The van der Waals surface area contributed by atoms with Crippen LogP contribution in [0.4, 0.5) is 5.69 Å². The molecular formula is C18H19N3O. The molecule has 0 saturated carbocycles. The average Bonchev–Trinajstić information content (AvgIpc) is 2.92. The molecule has 0 aliphatic heterocycles. The summed E-state index contributed by atoms with van der Waals surface area (Å²) in [7, 11) is 0. The molecule has 3 rings (SSSR count). The molecule has 1 N–H and O–H groups in total. The number of carbonyl (C=O) groups excluding carboxylic acids is 1. The average molecular weight is 293 g/mol. The van der Waals surface area contributed by atoms with E-state index in [2.05, 4.69) is 17.2 Å². The summed E-state index contributed by atoms with van der Waals surface area (Å²) in [5, 5.41) is 2.91. The number of pyridine rings is 1. The molecule has 0 fully saturated rings. The van der Waals surface area contributed by atoms with Crippen molar-refractivity contribution < 1.29 is 4.79 Å². The van der Waals surface area contributed by atoms with Crippen LogP contribution in [0.15, 0.2) is 48.8 Å². The summed E-state index contributed by atoms with van der Waals surface area (Å²) in [6.07, 6.45) is 5.12. The van der Waals surface area contributed by atoms with Gasteiger partial charge in [0.25, 0.3) is 0 Å². The lowest BCUT2D eigenvalue weighted by Crippen LogP contribution is -2.14. The number of hydrogen-bond acceptors (Lipinski definition) is 2. The molecule has 0 radical (unpaired) electrons. The van der Waals surface area contributed by atoms with Crippen LogP contribution in [0.5, 0.6) is 0 Å². The first-order valence-electron chi connectivity index (χ1n) is 7.47. The molecule has 2 heterocycles. The summed E-state index contributed by atoms with van der Waals surface area (Å²) in [5.41, 5.74) is 4.86. The van der Waals surface area contributed by atoms with Gasteiger partial charge in [0, 0.05) is 18.1 Å². The molecule has 1 amide bonds. The van der Waals surface area contributed by atoms with Crippen molar-refractivity contribution in [1.29, 1.82) is 0 Å². The Morgan fingerprint density at radius 2 is 2.00 bits per heavy atom. The molecule has 0 spiro atoms. The summed E-state index contributed by atoms with van der Waals surface area (Å²) in [6.45, 7) is 4.13. The lowest BCUT2D eigenvalue weighted by atomic mass is 10.1. The second-order valence-corrected chi connectivity index (χ2v) is 5.43. The van der Waals surface area contributed by atoms with Gasteiger partial charge >= 0.3 is 0 Å². The van der Waals surface area contributed by atoms with E-state index in [1.165, 1.54) is 5.56 Å². The molecule has 2 aromatic heterocycles. The zero-order chi connectivity index (χ0) is 15.5. The highest BCUT2D eigenvalue weighted by molar-refractivity contribution is 5.92. The van der Waals surface area contributed by atoms with E-state index in [4.69, 9.17) is 0 Å². The van der Waals surface area contributed by atoms with Gasteiger partial charge in [0.2, 0.25) is 5.91 Å². The lowest BCUT2D eigenvalue weighted by Gasteiger charge is -2.04. The van der Waals surface area contributed by atoms with E-state index >= 15 is 0 Å². The van der Waals surface area contributed by atoms with Crippen molar-refractivity contribution in [3.63, 3.8) is 0 Å². The van der Waals surface area contributed by atoms with Crippen LogP contribution in [0.25, 0.3) is 5.65 Å². The largest absolute Gasteiger partial charge is 0.326 e. The number of aryl methyl sites for hydroxylation is 2. The monoisotopic (exact) mass is 293 g/mol. The fraction of sp³-hybridized carbons (Fsp3) is 0.222. The second kappa shape index (κ2) is 6.02. The number of nitrogens with zero attached hydrogens (tertiary/aromatic N) is 2. The molecule has 0 saturated heterocycles. The first-order chi connectivity index (χ1) is 10.7. The molecule has 0 aliphatic rings. The number of hydrogen-bond donors (Lipinski definition) is 1. The van der Waals surface area contributed by atoms with Crippen molar-refractivity contribution in [2.45, 2.75) is 26.7 Å². The number of fused-ring (bicyclic) bond motifs is 1. The van der Waals surface area contributed by atoms with Gasteiger partial charge in [-0.2, -0.15) is 0 Å². The fourth-order valence-electron chi connectivity index (χ4n) is 2.48. The molecule has 22 heavy (non-hydrogen) atoms. The SMILES string of the molecule is CCc1ccc(NC(=O)Cc2cn3cccc(C)c3n2)cc1. The van der Waals surface area contributed by atoms with Crippen molar-refractivity contribution in [3.05, 3.63) is 65.6 Å². The smallest absolute Gasteiger partial charge is 0.230 e. The van der Waals surface area contributed by atoms with Gasteiger partial charge in [0.05, 0.1) is 12.1 Å². The standard InChI is InChI=1S/C18H19N3O/c1-3-14-6-8-15(9-7-14)19-17(22)11-16-12-21-10-4-5-13(2)18(21)20-16/h4-10,12H,3,11H2,1-2H3,(H,19,22). The highest BCUT2D eigenvalue weighted by Gasteiger charge is 2.09. The molecule has 0 aliphatic carbocycles. The fourth-order valence-corrected chi connectivity index (χ4v) is 2.48. The lowest BCUT2D eigenvalue weighted by molar-refractivity contribution is -0.115. The van der Waals surface area contributed by atoms with Crippen LogP contribution in [0, 0.1) is 6.92 Å². The van der Waals surface area contributed by atoms with Crippen LogP contribution in [0.3, 0.4) is 0 Å². The van der Waals surface area contributed by atoms with Gasteiger partial charge in [-0.1, -0.05) is 25.1 Å². The van der Waals surface area contributed by atoms with Crippen molar-refractivity contribution >= 4 is 17.2 Å². The van der Waals surface area contributed by atoms with Crippen LogP contribution in [0.2, 0.25) is 0 Å². The van der Waals surface area contributed by atoms with Gasteiger partial charge in [0.15, 0.2) is 0 Å². The van der Waals surface area contributed by atoms with Crippen molar-refractivity contribution in [2.75, 3.05) is 5.32 Å². The molecule has 0 bridgehead atoms. The Morgan fingerprint density at radius 3 is 2.68 bits per heavy atom. The maximum absolute atomic E-state index is 12.1. The number of rotatable bonds is 4. The van der Waals surface area contributed by atoms with Gasteiger partial charge in [0.1, 0.15) is 5.65 Å². The predicted molar refractivity (Wildman–Crippen MR) is 88.1 cm³/mol. The van der Waals surface area contributed by atoms with Crippen LogP contribution in [-0.2, 0) is 17.6 Å².